The molecule has 0 atom stereocenters. The normalized spacial score (nSPS) is 10.5. The quantitative estimate of drug-likeness (QED) is 0.756. The lowest BCUT2D eigenvalue weighted by Crippen LogP contribution is -1.98. The van der Waals surface area contributed by atoms with Crippen LogP contribution in [0.5, 0.6) is 5.75 Å². The Bertz CT molecular complexity index is 889. The minimum Gasteiger partial charge on any atom is -0.507 e. The van der Waals surface area contributed by atoms with E-state index in [0.29, 0.717) is 5.56 Å². The lowest BCUT2D eigenvalue weighted by Gasteiger charge is -2.11. The first kappa shape index (κ1) is 13.9. The van der Waals surface area contributed by atoms with Crippen LogP contribution in [0.2, 0.25) is 0 Å². The van der Waals surface area contributed by atoms with Gasteiger partial charge in [-0.2, -0.15) is 0 Å². The van der Waals surface area contributed by atoms with Gasteiger partial charge in [-0.1, -0.05) is 55.1 Å². The number of hydrogen-bond donors (Lipinski definition) is 2. The number of fused-ring (bicyclic) bond motifs is 1. The molecule has 0 aromatic heterocycles. The van der Waals surface area contributed by atoms with Gasteiger partial charge in [-0.05, 0) is 39.6 Å². The van der Waals surface area contributed by atoms with E-state index in [1.54, 1.807) is 6.07 Å². The highest BCUT2D eigenvalue weighted by molar-refractivity contribution is 5.98. The van der Waals surface area contributed by atoms with Crippen molar-refractivity contribution in [2.24, 2.45) is 0 Å². The molecule has 0 amide bonds. The standard InChI is InChI=1S/C19H14O3/c1-12(14-9-10-18(20)17(11-14)19(21)22)15-8-4-6-13-5-2-3-7-16(13)15/h2-11,20H,1H2,(H,21,22). The number of rotatable bonds is 3. The molecular weight excluding hydrogens is 276 g/mol. The van der Waals surface area contributed by atoms with Gasteiger partial charge in [-0.3, -0.25) is 0 Å². The fourth-order valence-electron chi connectivity index (χ4n) is 2.54. The van der Waals surface area contributed by atoms with Crippen molar-refractivity contribution < 1.29 is 15.0 Å². The number of aromatic hydroxyl groups is 1. The highest BCUT2D eigenvalue weighted by Gasteiger charge is 2.13. The lowest BCUT2D eigenvalue weighted by molar-refractivity contribution is 0.0693. The number of aromatic carboxylic acids is 1. The van der Waals surface area contributed by atoms with Gasteiger partial charge in [0.05, 0.1) is 0 Å². The topological polar surface area (TPSA) is 57.5 Å². The monoisotopic (exact) mass is 290 g/mol. The number of carboxylic acids is 1. The third kappa shape index (κ3) is 2.33. The molecule has 3 heteroatoms. The smallest absolute Gasteiger partial charge is 0.339 e. The molecule has 0 unspecified atom stereocenters. The summed E-state index contributed by atoms with van der Waals surface area (Å²) in [6.07, 6.45) is 0. The van der Waals surface area contributed by atoms with E-state index >= 15 is 0 Å². The third-order valence-electron chi connectivity index (χ3n) is 3.69. The van der Waals surface area contributed by atoms with Gasteiger partial charge >= 0.3 is 5.97 Å². The minimum atomic E-state index is -1.16. The highest BCUT2D eigenvalue weighted by Crippen LogP contribution is 2.30. The summed E-state index contributed by atoms with van der Waals surface area (Å²) in [5.41, 5.74) is 2.21. The van der Waals surface area contributed by atoms with Gasteiger partial charge < -0.3 is 10.2 Å². The average molecular weight is 290 g/mol. The van der Waals surface area contributed by atoms with E-state index in [1.807, 2.05) is 42.5 Å². The van der Waals surface area contributed by atoms with Crippen LogP contribution >= 0.6 is 0 Å². The van der Waals surface area contributed by atoms with Gasteiger partial charge in [0.1, 0.15) is 11.3 Å². The summed E-state index contributed by atoms with van der Waals surface area (Å²) in [7, 11) is 0. The number of hydrogen-bond acceptors (Lipinski definition) is 2. The summed E-state index contributed by atoms with van der Waals surface area (Å²) in [6.45, 7) is 4.10. The van der Waals surface area contributed by atoms with Crippen molar-refractivity contribution in [3.63, 3.8) is 0 Å². The number of carboxylic acid groups (broad SMARTS) is 1. The van der Waals surface area contributed by atoms with Crippen molar-refractivity contribution in [3.05, 3.63) is 83.9 Å². The van der Waals surface area contributed by atoms with Crippen molar-refractivity contribution in [1.29, 1.82) is 0 Å². The van der Waals surface area contributed by atoms with Gasteiger partial charge in [0.25, 0.3) is 0 Å². The Morgan fingerprint density at radius 2 is 1.64 bits per heavy atom. The van der Waals surface area contributed by atoms with Gasteiger partial charge in [-0.15, -0.1) is 0 Å². The third-order valence-corrected chi connectivity index (χ3v) is 3.69. The molecule has 108 valence electrons. The van der Waals surface area contributed by atoms with Gasteiger partial charge in [0, 0.05) is 0 Å². The maximum Gasteiger partial charge on any atom is 0.339 e. The first-order valence-electron chi connectivity index (χ1n) is 6.81. The molecule has 3 aromatic carbocycles. The predicted octanol–water partition coefficient (Wildman–Crippen LogP) is 4.31. The molecule has 0 saturated carbocycles. The molecule has 0 radical (unpaired) electrons. The predicted molar refractivity (Wildman–Crippen MR) is 87.2 cm³/mol. The molecule has 2 N–H and O–H groups in total. The van der Waals surface area contributed by atoms with Crippen LogP contribution in [0.3, 0.4) is 0 Å². The molecular formula is C19H14O3. The first-order chi connectivity index (χ1) is 10.6. The zero-order valence-corrected chi connectivity index (χ0v) is 11.8. The zero-order chi connectivity index (χ0) is 15.7. The first-order valence-corrected chi connectivity index (χ1v) is 6.81. The Balaban J connectivity index is 2.14. The van der Waals surface area contributed by atoms with Crippen molar-refractivity contribution in [1.82, 2.24) is 0 Å². The Labute approximate surface area is 127 Å². The van der Waals surface area contributed by atoms with Gasteiger partial charge in [-0.25, -0.2) is 4.79 Å². The molecule has 0 bridgehead atoms. The summed E-state index contributed by atoms with van der Waals surface area (Å²) >= 11 is 0. The second-order valence-electron chi connectivity index (χ2n) is 5.04. The van der Waals surface area contributed by atoms with E-state index in [2.05, 4.69) is 6.58 Å². The Morgan fingerprint density at radius 3 is 2.41 bits per heavy atom. The van der Waals surface area contributed by atoms with Crippen molar-refractivity contribution in [2.45, 2.75) is 0 Å². The van der Waals surface area contributed by atoms with E-state index < -0.39 is 5.97 Å². The fraction of sp³-hybridized carbons (Fsp3) is 0. The maximum absolute atomic E-state index is 11.2. The van der Waals surface area contributed by atoms with Crippen molar-refractivity contribution in [3.8, 4) is 5.75 Å². The van der Waals surface area contributed by atoms with Crippen LogP contribution in [0.15, 0.2) is 67.2 Å². The largest absolute Gasteiger partial charge is 0.507 e. The van der Waals surface area contributed by atoms with Crippen LogP contribution in [0, 0.1) is 0 Å². The molecule has 0 spiro atoms. The SMILES string of the molecule is C=C(c1ccc(O)c(C(=O)O)c1)c1cccc2ccccc12. The molecule has 22 heavy (non-hydrogen) atoms. The summed E-state index contributed by atoms with van der Waals surface area (Å²) in [5.74, 6) is -1.41. The minimum absolute atomic E-state index is 0.126. The number of phenols is 1. The van der Waals surface area contributed by atoms with E-state index in [9.17, 15) is 9.90 Å². The van der Waals surface area contributed by atoms with Crippen LogP contribution < -0.4 is 0 Å². The molecule has 0 fully saturated rings. The molecule has 0 aliphatic heterocycles. The van der Waals surface area contributed by atoms with Crippen LogP contribution in [0.4, 0.5) is 0 Å². The molecule has 0 aliphatic rings. The number of carbonyl (C=O) groups is 1. The van der Waals surface area contributed by atoms with Crippen molar-refractivity contribution in [2.75, 3.05) is 0 Å². The van der Waals surface area contributed by atoms with Gasteiger partial charge in [0.15, 0.2) is 0 Å². The van der Waals surface area contributed by atoms with Crippen molar-refractivity contribution >= 4 is 22.3 Å². The second-order valence-corrected chi connectivity index (χ2v) is 5.04. The highest BCUT2D eigenvalue weighted by atomic mass is 16.4. The zero-order valence-electron chi connectivity index (χ0n) is 11.8. The second kappa shape index (κ2) is 5.37. The molecule has 0 aliphatic carbocycles. The van der Waals surface area contributed by atoms with Crippen LogP contribution in [-0.2, 0) is 0 Å². The van der Waals surface area contributed by atoms with Crippen LogP contribution in [0.25, 0.3) is 16.3 Å². The molecule has 0 heterocycles. The fourth-order valence-corrected chi connectivity index (χ4v) is 2.54. The van der Waals surface area contributed by atoms with Gasteiger partial charge in [0.2, 0.25) is 0 Å². The van der Waals surface area contributed by atoms with E-state index in [-0.39, 0.29) is 11.3 Å². The molecule has 3 nitrogen and oxygen atoms in total. The number of benzene rings is 3. The van der Waals surface area contributed by atoms with E-state index in [0.717, 1.165) is 21.9 Å². The maximum atomic E-state index is 11.2. The van der Waals surface area contributed by atoms with Crippen LogP contribution in [0.1, 0.15) is 21.5 Å². The average Bonchev–Trinajstić information content (AvgIpc) is 2.54. The molecule has 3 rings (SSSR count). The summed E-state index contributed by atoms with van der Waals surface area (Å²) in [4.78, 5) is 11.2. The van der Waals surface area contributed by atoms with E-state index in [1.165, 1.54) is 12.1 Å². The lowest BCUT2D eigenvalue weighted by atomic mass is 9.93. The Kier molecular flexibility index (Phi) is 3.39. The summed E-state index contributed by atoms with van der Waals surface area (Å²) in [6, 6.07) is 18.4. The summed E-state index contributed by atoms with van der Waals surface area (Å²) < 4.78 is 0. The Morgan fingerprint density at radius 1 is 0.909 bits per heavy atom. The van der Waals surface area contributed by atoms with Crippen LogP contribution in [-0.4, -0.2) is 16.2 Å². The molecule has 0 saturated heterocycles. The molecule has 3 aromatic rings. The Hall–Kier alpha value is -3.07. The summed E-state index contributed by atoms with van der Waals surface area (Å²) in [5, 5.41) is 20.9. The van der Waals surface area contributed by atoms with E-state index in [4.69, 9.17) is 5.11 Å².